The fraction of sp³-hybridized carbons (Fsp3) is 0.556. The van der Waals surface area contributed by atoms with Crippen LogP contribution in [0, 0.1) is 23.2 Å². The quantitative estimate of drug-likeness (QED) is 0.481. The average molecular weight is 283 g/mol. The van der Waals surface area contributed by atoms with Gasteiger partial charge in [-0.15, -0.1) is 0 Å². The summed E-state index contributed by atoms with van der Waals surface area (Å²) in [5.41, 5.74) is 0.735. The fourth-order valence-electron chi connectivity index (χ4n) is 5.13. The van der Waals surface area contributed by atoms with Crippen LogP contribution in [-0.2, 0) is 9.63 Å². The highest BCUT2D eigenvalue weighted by molar-refractivity contribution is 5.81. The molecule has 0 radical (unpaired) electrons. The van der Waals surface area contributed by atoms with E-state index in [2.05, 4.69) is 5.16 Å². The van der Waals surface area contributed by atoms with Crippen LogP contribution in [0.4, 0.5) is 0 Å². The summed E-state index contributed by atoms with van der Waals surface area (Å²) in [6.45, 7) is 0. The van der Waals surface area contributed by atoms with Crippen molar-refractivity contribution in [2.75, 3.05) is 0 Å². The third-order valence-electron chi connectivity index (χ3n) is 5.61. The molecule has 4 fully saturated rings. The van der Waals surface area contributed by atoms with Gasteiger partial charge in [-0.3, -0.25) is 0 Å². The Labute approximate surface area is 125 Å². The first kappa shape index (κ1) is 13.1. The van der Waals surface area contributed by atoms with Gasteiger partial charge in [0.05, 0.1) is 11.6 Å². The molecule has 0 aliphatic heterocycles. The molecule has 0 amide bonds. The van der Waals surface area contributed by atoms with E-state index in [1.807, 2.05) is 30.3 Å². The second kappa shape index (κ2) is 4.97. The van der Waals surface area contributed by atoms with Crippen molar-refractivity contribution in [2.45, 2.75) is 38.5 Å². The lowest BCUT2D eigenvalue weighted by Gasteiger charge is -2.54. The zero-order chi connectivity index (χ0) is 14.3. The molecule has 0 aromatic heterocycles. The Kier molecular flexibility index (Phi) is 3.09. The van der Waals surface area contributed by atoms with Crippen molar-refractivity contribution in [3.05, 3.63) is 35.9 Å². The van der Waals surface area contributed by atoms with Crippen LogP contribution in [0.15, 0.2) is 35.5 Å². The topological polar surface area (TPSA) is 38.7 Å². The van der Waals surface area contributed by atoms with Gasteiger partial charge in [0, 0.05) is 0 Å². The van der Waals surface area contributed by atoms with Gasteiger partial charge in [0.15, 0.2) is 0 Å². The fourth-order valence-corrected chi connectivity index (χ4v) is 5.13. The van der Waals surface area contributed by atoms with Gasteiger partial charge >= 0.3 is 5.97 Å². The minimum Gasteiger partial charge on any atom is -0.318 e. The minimum absolute atomic E-state index is 0.0891. The lowest BCUT2D eigenvalue weighted by molar-refractivity contribution is -0.171. The summed E-state index contributed by atoms with van der Waals surface area (Å²) in [6.07, 6.45) is 8.70. The average Bonchev–Trinajstić information content (AvgIpc) is 2.47. The molecular formula is C18H21NO2. The van der Waals surface area contributed by atoms with Gasteiger partial charge in [0.2, 0.25) is 0 Å². The van der Waals surface area contributed by atoms with Gasteiger partial charge in [-0.2, -0.15) is 0 Å². The molecule has 0 heterocycles. The number of hydrogen-bond donors (Lipinski definition) is 0. The molecule has 4 aliphatic rings. The molecule has 3 nitrogen and oxygen atoms in total. The Balaban J connectivity index is 1.44. The van der Waals surface area contributed by atoms with E-state index < -0.39 is 0 Å². The lowest BCUT2D eigenvalue weighted by atomic mass is 9.49. The van der Waals surface area contributed by atoms with E-state index >= 15 is 0 Å². The van der Waals surface area contributed by atoms with Crippen LogP contribution in [-0.4, -0.2) is 12.2 Å². The summed E-state index contributed by atoms with van der Waals surface area (Å²) in [4.78, 5) is 17.8. The van der Waals surface area contributed by atoms with Crippen molar-refractivity contribution in [3.63, 3.8) is 0 Å². The highest BCUT2D eigenvalue weighted by Crippen LogP contribution is 2.60. The first-order valence-corrected chi connectivity index (χ1v) is 8.03. The van der Waals surface area contributed by atoms with E-state index in [4.69, 9.17) is 4.84 Å². The second-order valence-corrected chi connectivity index (χ2v) is 7.22. The van der Waals surface area contributed by atoms with Crippen molar-refractivity contribution in [2.24, 2.45) is 28.3 Å². The number of oxime groups is 1. The van der Waals surface area contributed by atoms with Gasteiger partial charge in [-0.25, -0.2) is 4.79 Å². The molecule has 21 heavy (non-hydrogen) atoms. The molecule has 4 bridgehead atoms. The van der Waals surface area contributed by atoms with Crippen LogP contribution in [0.5, 0.6) is 0 Å². The number of rotatable bonds is 3. The normalized spacial score (nSPS) is 37.0. The van der Waals surface area contributed by atoms with E-state index in [0.717, 1.165) is 42.6 Å². The maximum Gasteiger partial charge on any atom is 0.341 e. The third-order valence-corrected chi connectivity index (χ3v) is 5.61. The Bertz CT molecular complexity index is 529. The predicted octanol–water partition coefficient (Wildman–Crippen LogP) is 3.78. The van der Waals surface area contributed by atoms with Gasteiger partial charge in [-0.05, 0) is 61.8 Å². The highest BCUT2D eigenvalue weighted by Gasteiger charge is 2.55. The number of hydrogen-bond acceptors (Lipinski definition) is 3. The van der Waals surface area contributed by atoms with Gasteiger partial charge in [-0.1, -0.05) is 35.5 Å². The summed E-state index contributed by atoms with van der Waals surface area (Å²) in [5.74, 6) is 2.17. The maximum atomic E-state index is 12.6. The summed E-state index contributed by atoms with van der Waals surface area (Å²) in [6, 6.07) is 9.74. The maximum absolute atomic E-state index is 12.6. The summed E-state index contributed by atoms with van der Waals surface area (Å²) < 4.78 is 0. The molecule has 0 unspecified atom stereocenters. The van der Waals surface area contributed by atoms with E-state index in [-0.39, 0.29) is 11.4 Å². The molecule has 1 aromatic rings. The molecule has 0 spiro atoms. The molecule has 4 saturated carbocycles. The van der Waals surface area contributed by atoms with Crippen molar-refractivity contribution < 1.29 is 9.63 Å². The van der Waals surface area contributed by atoms with Crippen molar-refractivity contribution >= 4 is 12.2 Å². The van der Waals surface area contributed by atoms with Crippen molar-refractivity contribution in [1.29, 1.82) is 0 Å². The summed E-state index contributed by atoms with van der Waals surface area (Å²) in [7, 11) is 0. The van der Waals surface area contributed by atoms with Gasteiger partial charge in [0.1, 0.15) is 0 Å². The van der Waals surface area contributed by atoms with Crippen LogP contribution < -0.4 is 0 Å². The van der Waals surface area contributed by atoms with E-state index in [1.165, 1.54) is 19.3 Å². The first-order valence-electron chi connectivity index (χ1n) is 8.03. The largest absolute Gasteiger partial charge is 0.341 e. The Morgan fingerprint density at radius 1 is 1.05 bits per heavy atom. The lowest BCUT2D eigenvalue weighted by Crippen LogP contribution is -2.50. The van der Waals surface area contributed by atoms with Gasteiger partial charge < -0.3 is 4.84 Å². The molecule has 1 aromatic carbocycles. The highest BCUT2D eigenvalue weighted by atomic mass is 16.7. The van der Waals surface area contributed by atoms with Crippen LogP contribution >= 0.6 is 0 Å². The Hall–Kier alpha value is -1.64. The molecule has 0 atom stereocenters. The summed E-state index contributed by atoms with van der Waals surface area (Å²) in [5, 5.41) is 3.92. The zero-order valence-corrected chi connectivity index (χ0v) is 12.2. The van der Waals surface area contributed by atoms with Crippen molar-refractivity contribution in [1.82, 2.24) is 0 Å². The van der Waals surface area contributed by atoms with Crippen LogP contribution in [0.2, 0.25) is 0 Å². The smallest absolute Gasteiger partial charge is 0.318 e. The summed E-state index contributed by atoms with van der Waals surface area (Å²) >= 11 is 0. The molecule has 4 aliphatic carbocycles. The Morgan fingerprint density at radius 3 is 2.19 bits per heavy atom. The van der Waals surface area contributed by atoms with Gasteiger partial charge in [0.25, 0.3) is 0 Å². The SMILES string of the molecule is O=C(ON=Cc1ccccc1)C12CC3CC(CC(C3)C1)C2. The monoisotopic (exact) mass is 283 g/mol. The van der Waals surface area contributed by atoms with Crippen molar-refractivity contribution in [3.8, 4) is 0 Å². The molecule has 0 N–H and O–H groups in total. The molecule has 110 valence electrons. The minimum atomic E-state index is -0.219. The first-order chi connectivity index (χ1) is 10.2. The molecule has 0 saturated heterocycles. The molecule has 3 heteroatoms. The third kappa shape index (κ3) is 2.39. The Morgan fingerprint density at radius 2 is 1.62 bits per heavy atom. The number of carbonyl (C=O) groups excluding carboxylic acids is 1. The van der Waals surface area contributed by atoms with E-state index in [1.54, 1.807) is 6.21 Å². The van der Waals surface area contributed by atoms with Crippen LogP contribution in [0.25, 0.3) is 0 Å². The predicted molar refractivity (Wildman–Crippen MR) is 80.7 cm³/mol. The molecule has 5 rings (SSSR count). The van der Waals surface area contributed by atoms with Crippen LogP contribution in [0.1, 0.15) is 44.1 Å². The number of benzene rings is 1. The van der Waals surface area contributed by atoms with Crippen LogP contribution in [0.3, 0.4) is 0 Å². The molecular weight excluding hydrogens is 262 g/mol. The number of nitrogens with zero attached hydrogens (tertiary/aromatic N) is 1. The zero-order valence-electron chi connectivity index (χ0n) is 12.2. The van der Waals surface area contributed by atoms with E-state index in [9.17, 15) is 4.79 Å². The van der Waals surface area contributed by atoms with E-state index in [0.29, 0.717) is 0 Å². The number of carbonyl (C=O) groups is 1. The second-order valence-electron chi connectivity index (χ2n) is 7.22. The standard InChI is InChI=1S/C18H21NO2/c20-17(21-19-12-13-4-2-1-3-5-13)18-9-14-6-15(10-18)8-16(7-14)11-18/h1-5,12,14-16H,6-11H2.